The molecule has 2 aromatic rings. The molecule has 0 aliphatic heterocycles. The van der Waals surface area contributed by atoms with Gasteiger partial charge in [-0.15, -0.1) is 0 Å². The predicted octanol–water partition coefficient (Wildman–Crippen LogP) is 2.37. The largest absolute Gasteiger partial charge is 0.506 e. The van der Waals surface area contributed by atoms with Gasteiger partial charge in [-0.05, 0) is 24.1 Å². The Bertz CT molecular complexity index is 678. The minimum absolute atomic E-state index is 0.00547. The Kier molecular flexibility index (Phi) is 3.26. The van der Waals surface area contributed by atoms with Gasteiger partial charge < -0.3 is 5.11 Å². The summed E-state index contributed by atoms with van der Waals surface area (Å²) in [6, 6.07) is 8.12. The lowest BCUT2D eigenvalue weighted by atomic mass is 10.2. The van der Waals surface area contributed by atoms with E-state index in [1.165, 1.54) is 12.1 Å². The van der Waals surface area contributed by atoms with E-state index in [0.29, 0.717) is 5.52 Å². The summed E-state index contributed by atoms with van der Waals surface area (Å²) in [4.78, 5) is 4.06. The second-order valence-electron chi connectivity index (χ2n) is 4.67. The van der Waals surface area contributed by atoms with E-state index in [1.54, 1.807) is 18.2 Å². The fourth-order valence-corrected chi connectivity index (χ4v) is 3.37. The van der Waals surface area contributed by atoms with Crippen LogP contribution in [0.1, 0.15) is 13.8 Å². The van der Waals surface area contributed by atoms with Gasteiger partial charge >= 0.3 is 0 Å². The van der Waals surface area contributed by atoms with E-state index in [4.69, 9.17) is 0 Å². The van der Waals surface area contributed by atoms with Gasteiger partial charge in [0.1, 0.15) is 11.3 Å². The monoisotopic (exact) mass is 265 g/mol. The zero-order valence-corrected chi connectivity index (χ0v) is 11.1. The third kappa shape index (κ3) is 2.46. The predicted molar refractivity (Wildman–Crippen MR) is 70.3 cm³/mol. The molecular formula is C13H15NO3S. The van der Waals surface area contributed by atoms with E-state index in [1.807, 2.05) is 13.8 Å². The molecule has 0 spiro atoms. The van der Waals surface area contributed by atoms with Gasteiger partial charge in [0.15, 0.2) is 14.9 Å². The van der Waals surface area contributed by atoms with Crippen LogP contribution in [-0.2, 0) is 9.84 Å². The molecule has 0 bridgehead atoms. The van der Waals surface area contributed by atoms with E-state index < -0.39 is 9.84 Å². The van der Waals surface area contributed by atoms with Gasteiger partial charge in [0.2, 0.25) is 0 Å². The molecule has 4 nitrogen and oxygen atoms in total. The minimum Gasteiger partial charge on any atom is -0.506 e. The molecule has 96 valence electrons. The van der Waals surface area contributed by atoms with Gasteiger partial charge in [-0.2, -0.15) is 0 Å². The third-order valence-corrected chi connectivity index (χ3v) is 4.51. The summed E-state index contributed by atoms with van der Waals surface area (Å²) in [6.45, 7) is 3.69. The molecule has 0 amide bonds. The van der Waals surface area contributed by atoms with Crippen molar-refractivity contribution in [1.82, 2.24) is 4.98 Å². The van der Waals surface area contributed by atoms with E-state index in [2.05, 4.69) is 4.98 Å². The quantitative estimate of drug-likeness (QED) is 0.925. The summed E-state index contributed by atoms with van der Waals surface area (Å²) in [5.41, 5.74) is 0.322. The smallest absolute Gasteiger partial charge is 0.195 e. The third-order valence-electron chi connectivity index (χ3n) is 2.54. The average molecular weight is 265 g/mol. The molecule has 0 atom stereocenters. The normalized spacial score (nSPS) is 12.2. The number of rotatable bonds is 3. The Balaban J connectivity index is 2.57. The van der Waals surface area contributed by atoms with Crippen molar-refractivity contribution < 1.29 is 13.5 Å². The fraction of sp³-hybridized carbons (Fsp3) is 0.308. The highest BCUT2D eigenvalue weighted by Gasteiger charge is 2.18. The van der Waals surface area contributed by atoms with Gasteiger partial charge in [-0.3, -0.25) is 0 Å². The molecule has 1 aromatic carbocycles. The second-order valence-corrected chi connectivity index (χ2v) is 6.65. The van der Waals surface area contributed by atoms with Crippen LogP contribution in [0.15, 0.2) is 35.4 Å². The summed E-state index contributed by atoms with van der Waals surface area (Å²) in [5.74, 6) is 0.0880. The Morgan fingerprint density at radius 2 is 1.94 bits per heavy atom. The van der Waals surface area contributed by atoms with Crippen molar-refractivity contribution in [3.8, 4) is 5.75 Å². The Morgan fingerprint density at radius 3 is 2.61 bits per heavy atom. The van der Waals surface area contributed by atoms with Crippen molar-refractivity contribution >= 4 is 20.7 Å². The Hall–Kier alpha value is -1.62. The fourth-order valence-electron chi connectivity index (χ4n) is 1.81. The SMILES string of the molecule is CC(C)CS(=O)(=O)c1ccc2cccc(O)c2n1. The lowest BCUT2D eigenvalue weighted by Gasteiger charge is -2.07. The minimum atomic E-state index is -3.39. The van der Waals surface area contributed by atoms with Crippen molar-refractivity contribution in [1.29, 1.82) is 0 Å². The zero-order chi connectivity index (χ0) is 13.3. The highest BCUT2D eigenvalue weighted by molar-refractivity contribution is 7.91. The van der Waals surface area contributed by atoms with Gasteiger partial charge in [0, 0.05) is 5.39 Å². The van der Waals surface area contributed by atoms with Crippen LogP contribution in [0.3, 0.4) is 0 Å². The number of phenols is 1. The standard InChI is InChI=1S/C13H15NO3S/c1-9(2)8-18(16,17)12-7-6-10-4-3-5-11(15)13(10)14-12/h3-7,9,15H,8H2,1-2H3. The molecule has 5 heteroatoms. The molecule has 0 saturated heterocycles. The molecule has 0 aliphatic rings. The van der Waals surface area contributed by atoms with E-state index >= 15 is 0 Å². The molecule has 0 fully saturated rings. The average Bonchev–Trinajstić information content (AvgIpc) is 2.27. The van der Waals surface area contributed by atoms with Gasteiger partial charge in [-0.25, -0.2) is 13.4 Å². The number of pyridine rings is 1. The number of benzene rings is 1. The first-order chi connectivity index (χ1) is 8.40. The van der Waals surface area contributed by atoms with Crippen LogP contribution in [0.5, 0.6) is 5.75 Å². The van der Waals surface area contributed by atoms with Crippen LogP contribution in [-0.4, -0.2) is 24.3 Å². The van der Waals surface area contributed by atoms with Crippen LogP contribution in [0.4, 0.5) is 0 Å². The van der Waals surface area contributed by atoms with E-state index in [0.717, 1.165) is 5.39 Å². The number of sulfone groups is 1. The topological polar surface area (TPSA) is 67.3 Å². The Labute approximate surface area is 106 Å². The summed E-state index contributed by atoms with van der Waals surface area (Å²) < 4.78 is 24.1. The lowest BCUT2D eigenvalue weighted by Crippen LogP contribution is -2.13. The van der Waals surface area contributed by atoms with E-state index in [9.17, 15) is 13.5 Å². The number of hydrogen-bond donors (Lipinski definition) is 1. The molecule has 0 radical (unpaired) electrons. The molecule has 0 aliphatic carbocycles. The van der Waals surface area contributed by atoms with Crippen LogP contribution in [0.2, 0.25) is 0 Å². The van der Waals surface area contributed by atoms with Crippen molar-refractivity contribution in [2.45, 2.75) is 18.9 Å². The zero-order valence-electron chi connectivity index (χ0n) is 10.3. The highest BCUT2D eigenvalue weighted by Crippen LogP contribution is 2.24. The van der Waals surface area contributed by atoms with Crippen molar-refractivity contribution in [2.75, 3.05) is 5.75 Å². The van der Waals surface area contributed by atoms with Crippen LogP contribution < -0.4 is 0 Å². The molecule has 1 heterocycles. The first-order valence-electron chi connectivity index (χ1n) is 5.71. The summed E-state index contributed by atoms with van der Waals surface area (Å²) >= 11 is 0. The number of nitrogens with zero attached hydrogens (tertiary/aromatic N) is 1. The van der Waals surface area contributed by atoms with Gasteiger partial charge in [0.25, 0.3) is 0 Å². The summed E-state index contributed by atoms with van der Waals surface area (Å²) in [7, 11) is -3.39. The lowest BCUT2D eigenvalue weighted by molar-refractivity contribution is 0.480. The van der Waals surface area contributed by atoms with Crippen molar-refractivity contribution in [2.24, 2.45) is 5.92 Å². The second kappa shape index (κ2) is 4.57. The summed E-state index contributed by atoms with van der Waals surface area (Å²) in [6.07, 6.45) is 0. The van der Waals surface area contributed by atoms with Crippen molar-refractivity contribution in [3.05, 3.63) is 30.3 Å². The highest BCUT2D eigenvalue weighted by atomic mass is 32.2. The maximum absolute atomic E-state index is 12.1. The molecule has 1 N–H and O–H groups in total. The molecule has 0 saturated carbocycles. The molecule has 2 rings (SSSR count). The van der Waals surface area contributed by atoms with Gasteiger partial charge in [-0.1, -0.05) is 26.0 Å². The summed E-state index contributed by atoms with van der Waals surface area (Å²) in [5, 5.41) is 10.4. The number of fused-ring (bicyclic) bond motifs is 1. The molecular weight excluding hydrogens is 250 g/mol. The number of aromatic hydroxyl groups is 1. The van der Waals surface area contributed by atoms with Crippen LogP contribution >= 0.6 is 0 Å². The maximum atomic E-state index is 12.1. The first-order valence-corrected chi connectivity index (χ1v) is 7.37. The molecule has 0 unspecified atom stereocenters. The van der Waals surface area contributed by atoms with Crippen molar-refractivity contribution in [3.63, 3.8) is 0 Å². The number of phenolic OH excluding ortho intramolecular Hbond substituents is 1. The number of aromatic nitrogens is 1. The van der Waals surface area contributed by atoms with Gasteiger partial charge in [0.05, 0.1) is 5.75 Å². The Morgan fingerprint density at radius 1 is 1.22 bits per heavy atom. The molecule has 1 aromatic heterocycles. The van der Waals surface area contributed by atoms with E-state index in [-0.39, 0.29) is 22.4 Å². The maximum Gasteiger partial charge on any atom is 0.195 e. The number of hydrogen-bond acceptors (Lipinski definition) is 4. The molecule has 18 heavy (non-hydrogen) atoms. The van der Waals surface area contributed by atoms with Crippen LogP contribution in [0, 0.1) is 5.92 Å². The first kappa shape index (κ1) is 12.8. The van der Waals surface area contributed by atoms with Crippen LogP contribution in [0.25, 0.3) is 10.9 Å². The number of para-hydroxylation sites is 1.